The summed E-state index contributed by atoms with van der Waals surface area (Å²) < 4.78 is 0. The van der Waals surface area contributed by atoms with Crippen LogP contribution in [0.3, 0.4) is 0 Å². The van der Waals surface area contributed by atoms with Crippen LogP contribution in [0.1, 0.15) is 70.6 Å². The molecule has 0 aliphatic heterocycles. The molecule has 1 aromatic heterocycles. The first-order valence-electron chi connectivity index (χ1n) is 8.65. The second-order valence-corrected chi connectivity index (χ2v) is 8.94. The molecule has 0 fully saturated rings. The number of hydrogen-bond donors (Lipinski definition) is 1. The van der Waals surface area contributed by atoms with Crippen molar-refractivity contribution in [2.75, 3.05) is 6.54 Å². The third-order valence-corrected chi connectivity index (χ3v) is 5.10. The maximum absolute atomic E-state index is 3.77. The first kappa shape index (κ1) is 18.7. The van der Waals surface area contributed by atoms with E-state index < -0.39 is 0 Å². The van der Waals surface area contributed by atoms with Gasteiger partial charge < -0.3 is 5.32 Å². The van der Waals surface area contributed by atoms with Gasteiger partial charge in [0.15, 0.2) is 0 Å². The zero-order valence-corrected chi connectivity index (χ0v) is 15.8. The highest BCUT2D eigenvalue weighted by Crippen LogP contribution is 2.28. The molecule has 1 aromatic rings. The van der Waals surface area contributed by atoms with Gasteiger partial charge in [-0.25, -0.2) is 0 Å². The lowest BCUT2D eigenvalue weighted by Gasteiger charge is -2.27. The molecule has 0 radical (unpaired) electrons. The average molecular weight is 310 g/mol. The molecule has 0 aliphatic carbocycles. The van der Waals surface area contributed by atoms with E-state index in [-0.39, 0.29) is 0 Å². The fraction of sp³-hybridized carbons (Fsp3) is 0.789. The molecule has 0 aliphatic rings. The van der Waals surface area contributed by atoms with Crippen molar-refractivity contribution < 1.29 is 0 Å². The summed E-state index contributed by atoms with van der Waals surface area (Å²) in [6, 6.07) is 5.26. The fourth-order valence-electron chi connectivity index (χ4n) is 3.17. The van der Waals surface area contributed by atoms with Crippen LogP contribution in [0.5, 0.6) is 0 Å². The zero-order valence-electron chi connectivity index (χ0n) is 15.0. The molecule has 1 nitrogen and oxygen atoms in total. The van der Waals surface area contributed by atoms with Crippen LogP contribution in [-0.2, 0) is 12.8 Å². The van der Waals surface area contributed by atoms with E-state index in [2.05, 4.69) is 59.0 Å². The van der Waals surface area contributed by atoms with E-state index in [4.69, 9.17) is 0 Å². The van der Waals surface area contributed by atoms with Crippen LogP contribution in [-0.4, -0.2) is 12.6 Å². The van der Waals surface area contributed by atoms with Crippen molar-refractivity contribution in [3.8, 4) is 0 Å². The van der Waals surface area contributed by atoms with Crippen molar-refractivity contribution in [2.45, 2.75) is 79.7 Å². The van der Waals surface area contributed by atoms with Gasteiger partial charge in [-0.2, -0.15) is 0 Å². The summed E-state index contributed by atoms with van der Waals surface area (Å²) in [6.07, 6.45) is 6.17. The molecular weight excluding hydrogens is 274 g/mol. The van der Waals surface area contributed by atoms with Crippen molar-refractivity contribution in [1.82, 2.24) is 5.32 Å². The van der Waals surface area contributed by atoms with Crippen LogP contribution in [0.15, 0.2) is 12.1 Å². The molecule has 0 saturated heterocycles. The first-order valence-corrected chi connectivity index (χ1v) is 9.46. The molecular formula is C19H35NS. The van der Waals surface area contributed by atoms with Gasteiger partial charge in [0.25, 0.3) is 0 Å². The Morgan fingerprint density at radius 3 is 2.33 bits per heavy atom. The van der Waals surface area contributed by atoms with Gasteiger partial charge in [-0.3, -0.25) is 0 Å². The number of rotatable bonds is 9. The Bertz CT molecular complexity index is 389. The van der Waals surface area contributed by atoms with Crippen LogP contribution in [0.2, 0.25) is 0 Å². The van der Waals surface area contributed by atoms with Gasteiger partial charge in [0.1, 0.15) is 0 Å². The van der Waals surface area contributed by atoms with Crippen molar-refractivity contribution in [3.63, 3.8) is 0 Å². The van der Waals surface area contributed by atoms with Gasteiger partial charge in [0, 0.05) is 15.8 Å². The zero-order chi connectivity index (χ0) is 15.9. The maximum Gasteiger partial charge on any atom is 0.0118 e. The second-order valence-electron chi connectivity index (χ2n) is 7.68. The van der Waals surface area contributed by atoms with Gasteiger partial charge in [-0.1, -0.05) is 41.5 Å². The molecule has 122 valence electrons. The molecule has 1 heterocycles. The van der Waals surface area contributed by atoms with Crippen LogP contribution in [0, 0.1) is 11.3 Å². The van der Waals surface area contributed by atoms with Gasteiger partial charge in [0.2, 0.25) is 0 Å². The van der Waals surface area contributed by atoms with Gasteiger partial charge >= 0.3 is 0 Å². The Balaban J connectivity index is 2.57. The third kappa shape index (κ3) is 8.01. The van der Waals surface area contributed by atoms with Crippen LogP contribution >= 0.6 is 11.3 Å². The largest absolute Gasteiger partial charge is 0.314 e. The minimum absolute atomic E-state index is 0.438. The van der Waals surface area contributed by atoms with Crippen LogP contribution in [0.25, 0.3) is 0 Å². The first-order chi connectivity index (χ1) is 9.84. The van der Waals surface area contributed by atoms with Gasteiger partial charge in [0.05, 0.1) is 0 Å². The average Bonchev–Trinajstić information content (AvgIpc) is 2.81. The molecule has 0 aromatic carbocycles. The lowest BCUT2D eigenvalue weighted by atomic mass is 9.82. The maximum atomic E-state index is 3.77. The summed E-state index contributed by atoms with van der Waals surface area (Å²) in [5.41, 5.74) is 0.438. The number of nitrogens with one attached hydrogen (secondary N) is 1. The SMILES string of the molecule is CCCNC(Cc1ccc(CC)s1)CC(C)CC(C)(C)C. The predicted molar refractivity (Wildman–Crippen MR) is 97.3 cm³/mol. The molecule has 1 rings (SSSR count). The predicted octanol–water partition coefficient (Wildman–Crippen LogP) is 5.68. The van der Waals surface area contributed by atoms with E-state index in [1.165, 1.54) is 30.6 Å². The van der Waals surface area contributed by atoms with Gasteiger partial charge in [-0.05, 0) is 62.1 Å². The van der Waals surface area contributed by atoms with E-state index in [0.29, 0.717) is 11.5 Å². The van der Waals surface area contributed by atoms with Gasteiger partial charge in [-0.15, -0.1) is 11.3 Å². The molecule has 0 saturated carbocycles. The number of thiophene rings is 1. The summed E-state index contributed by atoms with van der Waals surface area (Å²) in [6.45, 7) is 15.1. The minimum atomic E-state index is 0.438. The van der Waals surface area contributed by atoms with Crippen molar-refractivity contribution in [3.05, 3.63) is 21.9 Å². The topological polar surface area (TPSA) is 12.0 Å². The number of aryl methyl sites for hydroxylation is 1. The van der Waals surface area contributed by atoms with Crippen LogP contribution < -0.4 is 5.32 Å². The fourth-order valence-corrected chi connectivity index (χ4v) is 4.20. The summed E-state index contributed by atoms with van der Waals surface area (Å²) in [5, 5.41) is 3.77. The van der Waals surface area contributed by atoms with E-state index in [1.807, 2.05) is 11.3 Å². The van der Waals surface area contributed by atoms with E-state index in [9.17, 15) is 0 Å². The summed E-state index contributed by atoms with van der Waals surface area (Å²) in [5.74, 6) is 0.782. The van der Waals surface area contributed by atoms with E-state index >= 15 is 0 Å². The highest BCUT2D eigenvalue weighted by molar-refractivity contribution is 7.11. The molecule has 21 heavy (non-hydrogen) atoms. The lowest BCUT2D eigenvalue weighted by molar-refractivity contribution is 0.274. The van der Waals surface area contributed by atoms with Crippen LogP contribution in [0.4, 0.5) is 0 Å². The molecule has 0 bridgehead atoms. The molecule has 1 N–H and O–H groups in total. The second kappa shape index (κ2) is 8.95. The van der Waals surface area contributed by atoms with Crippen molar-refractivity contribution in [1.29, 1.82) is 0 Å². The Labute approximate surface area is 136 Å². The Morgan fingerprint density at radius 2 is 1.81 bits per heavy atom. The van der Waals surface area contributed by atoms with Crippen molar-refractivity contribution >= 4 is 11.3 Å². The lowest BCUT2D eigenvalue weighted by Crippen LogP contribution is -2.33. The quantitative estimate of drug-likeness (QED) is 0.618. The normalized spacial score (nSPS) is 15.1. The highest BCUT2D eigenvalue weighted by Gasteiger charge is 2.19. The summed E-state index contributed by atoms with van der Waals surface area (Å²) >= 11 is 1.99. The Morgan fingerprint density at radius 1 is 1.14 bits per heavy atom. The Kier molecular flexibility index (Phi) is 7.97. The smallest absolute Gasteiger partial charge is 0.0118 e. The monoisotopic (exact) mass is 309 g/mol. The minimum Gasteiger partial charge on any atom is -0.314 e. The molecule has 2 atom stereocenters. The molecule has 0 spiro atoms. The summed E-state index contributed by atoms with van der Waals surface area (Å²) in [7, 11) is 0. The summed E-state index contributed by atoms with van der Waals surface area (Å²) in [4.78, 5) is 3.06. The molecule has 2 unspecified atom stereocenters. The standard InChI is InChI=1S/C19H35NS/c1-7-11-20-16(12-15(3)14-19(4,5)6)13-18-10-9-17(8-2)21-18/h9-10,15-16,20H,7-8,11-14H2,1-6H3. The third-order valence-electron chi connectivity index (χ3n) is 3.84. The van der Waals surface area contributed by atoms with E-state index in [0.717, 1.165) is 18.9 Å². The molecule has 0 amide bonds. The highest BCUT2D eigenvalue weighted by atomic mass is 32.1. The number of hydrogen-bond acceptors (Lipinski definition) is 2. The van der Waals surface area contributed by atoms with E-state index in [1.54, 1.807) is 4.88 Å². The van der Waals surface area contributed by atoms with Crippen molar-refractivity contribution in [2.24, 2.45) is 11.3 Å². The molecule has 2 heteroatoms. The Hall–Kier alpha value is -0.340.